The molecule has 0 spiro atoms. The van der Waals surface area contributed by atoms with Gasteiger partial charge in [0.1, 0.15) is 35.3 Å². The van der Waals surface area contributed by atoms with Crippen molar-refractivity contribution in [2.45, 2.75) is 93.2 Å². The Labute approximate surface area is 300 Å². The Kier molecular flexibility index (Phi) is 9.46. The summed E-state index contributed by atoms with van der Waals surface area (Å²) >= 11 is 1.17. The summed E-state index contributed by atoms with van der Waals surface area (Å²) in [5.41, 5.74) is -0.226. The number of allylic oxidation sites excluding steroid dienone is 1. The van der Waals surface area contributed by atoms with Crippen LogP contribution < -0.4 is 24.8 Å². The standard InChI is InChI=1S/C36H42FN5O7S2/c1-35(15-16-35)51(46,47)41-33(45)36-20-22(36)9-6-4-3-5-7-12-28(38-24-10-8-11-25(18-24)48-2)32(44)42-21-26(19-29(42)31(43)40-36)49-34-39-27-14-13-23(37)17-30(27)50-34/h6,8-11,13-14,17-18,22,26,28-29,38H,3-5,7,12,15-16,19-21H2,1-2H3,(H,40,43)(H,41,45)/b9-6-/t22-,26-,28+,29+,36-/m1/s1. The van der Waals surface area contributed by atoms with Crippen LogP contribution in [-0.2, 0) is 24.4 Å². The minimum atomic E-state index is -3.96. The second-order valence-corrected chi connectivity index (χ2v) is 17.4. The van der Waals surface area contributed by atoms with Crippen molar-refractivity contribution >= 4 is 55.0 Å². The molecule has 12 nitrogen and oxygen atoms in total. The predicted octanol–water partition coefficient (Wildman–Crippen LogP) is 4.67. The highest BCUT2D eigenvalue weighted by Gasteiger charge is 2.63. The molecule has 272 valence electrons. The van der Waals surface area contributed by atoms with E-state index in [1.165, 1.54) is 28.4 Å². The van der Waals surface area contributed by atoms with Gasteiger partial charge < -0.3 is 25.0 Å². The lowest BCUT2D eigenvalue weighted by Crippen LogP contribution is -2.58. The molecule has 1 aromatic heterocycles. The molecule has 0 bridgehead atoms. The average molecular weight is 740 g/mol. The number of ether oxygens (including phenoxy) is 2. The third-order valence-corrected chi connectivity index (χ3v) is 13.6. The average Bonchev–Trinajstić information content (AvgIpc) is 3.91. The monoisotopic (exact) mass is 739 g/mol. The number of thiazole rings is 1. The molecule has 2 aliphatic carbocycles. The van der Waals surface area contributed by atoms with Crippen LogP contribution in [0.3, 0.4) is 0 Å². The van der Waals surface area contributed by atoms with Gasteiger partial charge in [0.15, 0.2) is 0 Å². The van der Waals surface area contributed by atoms with E-state index in [0.29, 0.717) is 40.9 Å². The van der Waals surface area contributed by atoms with E-state index in [1.807, 2.05) is 30.4 Å². The number of anilines is 1. The molecule has 0 radical (unpaired) electrons. The molecular weight excluding hydrogens is 698 g/mol. The first-order valence-electron chi connectivity index (χ1n) is 17.4. The molecule has 3 heterocycles. The molecule has 4 aliphatic rings. The minimum absolute atomic E-state index is 0.0623. The highest BCUT2D eigenvalue weighted by atomic mass is 32.2. The molecule has 2 aromatic carbocycles. The van der Waals surface area contributed by atoms with Crippen molar-refractivity contribution in [3.63, 3.8) is 0 Å². The molecule has 2 aliphatic heterocycles. The summed E-state index contributed by atoms with van der Waals surface area (Å²) in [6.07, 6.45) is 8.17. The molecule has 15 heteroatoms. The van der Waals surface area contributed by atoms with Crippen molar-refractivity contribution < 1.29 is 36.7 Å². The van der Waals surface area contributed by atoms with Crippen molar-refractivity contribution in [3.05, 3.63) is 60.4 Å². The number of rotatable bonds is 8. The smallest absolute Gasteiger partial charge is 0.274 e. The number of sulfonamides is 1. The fraction of sp³-hybridized carbons (Fsp3) is 0.500. The normalized spacial score (nSPS) is 28.3. The van der Waals surface area contributed by atoms with E-state index >= 15 is 0 Å². The van der Waals surface area contributed by atoms with Gasteiger partial charge in [-0.05, 0) is 75.8 Å². The molecule has 7 rings (SSSR count). The highest BCUT2D eigenvalue weighted by Crippen LogP contribution is 2.47. The van der Waals surface area contributed by atoms with Gasteiger partial charge in [0.05, 0.1) is 28.6 Å². The van der Waals surface area contributed by atoms with Gasteiger partial charge in [0.2, 0.25) is 21.8 Å². The van der Waals surface area contributed by atoms with Crippen LogP contribution in [0, 0.1) is 11.7 Å². The highest BCUT2D eigenvalue weighted by molar-refractivity contribution is 7.91. The first kappa shape index (κ1) is 35.2. The van der Waals surface area contributed by atoms with Crippen LogP contribution in [0.1, 0.15) is 64.7 Å². The second-order valence-electron chi connectivity index (χ2n) is 14.2. The number of benzene rings is 2. The Morgan fingerprint density at radius 1 is 1.14 bits per heavy atom. The summed E-state index contributed by atoms with van der Waals surface area (Å²) in [6, 6.07) is 9.82. The minimum Gasteiger partial charge on any atom is -0.497 e. The molecular formula is C36H42FN5O7S2. The molecule has 0 unspecified atom stereocenters. The van der Waals surface area contributed by atoms with Gasteiger partial charge in [-0.3, -0.25) is 19.1 Å². The van der Waals surface area contributed by atoms with Crippen molar-refractivity contribution in [2.24, 2.45) is 5.92 Å². The topological polar surface area (TPSA) is 156 Å². The molecule has 5 atom stereocenters. The lowest BCUT2D eigenvalue weighted by molar-refractivity contribution is -0.140. The number of carbonyl (C=O) groups excluding carboxylic acids is 3. The van der Waals surface area contributed by atoms with E-state index in [-0.39, 0.29) is 30.5 Å². The van der Waals surface area contributed by atoms with Gasteiger partial charge in [-0.2, -0.15) is 0 Å². The van der Waals surface area contributed by atoms with E-state index in [9.17, 15) is 27.2 Å². The number of fused-ring (bicyclic) bond motifs is 3. The largest absolute Gasteiger partial charge is 0.497 e. The van der Waals surface area contributed by atoms with Crippen molar-refractivity contribution in [3.8, 4) is 10.9 Å². The maximum Gasteiger partial charge on any atom is 0.274 e. The van der Waals surface area contributed by atoms with Crippen LogP contribution in [0.15, 0.2) is 54.6 Å². The van der Waals surface area contributed by atoms with Crippen LogP contribution in [-0.4, -0.2) is 78.2 Å². The lowest BCUT2D eigenvalue weighted by Gasteiger charge is -2.30. The van der Waals surface area contributed by atoms with Gasteiger partial charge >= 0.3 is 0 Å². The van der Waals surface area contributed by atoms with E-state index < -0.39 is 62.0 Å². The number of carbonyl (C=O) groups is 3. The van der Waals surface area contributed by atoms with E-state index in [4.69, 9.17) is 9.47 Å². The molecule has 3 N–H and O–H groups in total. The summed E-state index contributed by atoms with van der Waals surface area (Å²) in [4.78, 5) is 48.6. The van der Waals surface area contributed by atoms with Gasteiger partial charge in [-0.1, -0.05) is 42.4 Å². The first-order chi connectivity index (χ1) is 24.4. The Morgan fingerprint density at radius 2 is 1.96 bits per heavy atom. The third kappa shape index (κ3) is 7.27. The SMILES string of the molecule is COc1cccc(N[C@H]2CCCCC/C=C\[C@@H]3C[C@@]3(C(=O)NS(=O)(=O)C3(C)CC3)NC(=O)[C@@H]3C[C@@H](Oc4nc5ccc(F)cc5s4)CN3C2=O)c1. The first-order valence-corrected chi connectivity index (χ1v) is 19.7. The quantitative estimate of drug-likeness (QED) is 0.280. The fourth-order valence-corrected chi connectivity index (χ4v) is 9.15. The Hall–Kier alpha value is -4.24. The number of hydrogen-bond acceptors (Lipinski definition) is 10. The van der Waals surface area contributed by atoms with E-state index in [2.05, 4.69) is 20.3 Å². The fourth-order valence-electron chi connectivity index (χ4n) is 6.93. The molecule has 1 saturated heterocycles. The predicted molar refractivity (Wildman–Crippen MR) is 190 cm³/mol. The number of methoxy groups -OCH3 is 1. The number of aromatic nitrogens is 1. The Bertz CT molecular complexity index is 1980. The number of nitrogens with zero attached hydrogens (tertiary/aromatic N) is 2. The number of hydrogen-bond donors (Lipinski definition) is 3. The van der Waals surface area contributed by atoms with Crippen LogP contribution >= 0.6 is 11.3 Å². The van der Waals surface area contributed by atoms with Gasteiger partial charge in [0.25, 0.3) is 11.1 Å². The molecule has 2 saturated carbocycles. The Morgan fingerprint density at radius 3 is 2.75 bits per heavy atom. The van der Waals surface area contributed by atoms with Crippen LogP contribution in [0.5, 0.6) is 10.9 Å². The zero-order chi connectivity index (χ0) is 36.0. The van der Waals surface area contributed by atoms with Crippen LogP contribution in [0.4, 0.5) is 10.1 Å². The van der Waals surface area contributed by atoms with Gasteiger partial charge in [0, 0.05) is 24.1 Å². The maximum absolute atomic E-state index is 14.5. The second kappa shape index (κ2) is 13.7. The zero-order valence-electron chi connectivity index (χ0n) is 28.5. The summed E-state index contributed by atoms with van der Waals surface area (Å²) in [5, 5.41) is 6.56. The molecule has 3 aromatic rings. The van der Waals surface area contributed by atoms with Gasteiger partial charge in [-0.25, -0.2) is 17.8 Å². The molecule has 3 amide bonds. The summed E-state index contributed by atoms with van der Waals surface area (Å²) in [7, 11) is -2.39. The number of nitrogens with one attached hydrogen (secondary N) is 3. The van der Waals surface area contributed by atoms with Crippen LogP contribution in [0.25, 0.3) is 10.2 Å². The van der Waals surface area contributed by atoms with Crippen molar-refractivity contribution in [2.75, 3.05) is 19.0 Å². The number of amides is 3. The zero-order valence-corrected chi connectivity index (χ0v) is 30.2. The van der Waals surface area contributed by atoms with E-state index in [1.54, 1.807) is 26.2 Å². The summed E-state index contributed by atoms with van der Waals surface area (Å²) < 4.78 is 53.6. The lowest BCUT2D eigenvalue weighted by atomic mass is 10.0. The summed E-state index contributed by atoms with van der Waals surface area (Å²) in [5.74, 6) is -1.83. The van der Waals surface area contributed by atoms with Crippen molar-refractivity contribution in [1.29, 1.82) is 0 Å². The summed E-state index contributed by atoms with van der Waals surface area (Å²) in [6.45, 7) is 1.66. The van der Waals surface area contributed by atoms with Crippen molar-refractivity contribution in [1.82, 2.24) is 19.9 Å². The van der Waals surface area contributed by atoms with Gasteiger partial charge in [-0.15, -0.1) is 0 Å². The molecule has 51 heavy (non-hydrogen) atoms. The number of halogens is 1. The Balaban J connectivity index is 1.19. The van der Waals surface area contributed by atoms with E-state index in [0.717, 1.165) is 25.7 Å². The third-order valence-electron chi connectivity index (χ3n) is 10.5. The molecule has 3 fully saturated rings. The maximum atomic E-state index is 14.5. The van der Waals surface area contributed by atoms with Crippen LogP contribution in [0.2, 0.25) is 0 Å².